The van der Waals surface area contributed by atoms with E-state index in [0.29, 0.717) is 18.4 Å². The fourth-order valence-corrected chi connectivity index (χ4v) is 4.63. The first-order valence-electron chi connectivity index (χ1n) is 10.0. The van der Waals surface area contributed by atoms with E-state index in [1.807, 2.05) is 12.1 Å². The molecule has 2 aromatic rings. The molecule has 0 bridgehead atoms. The van der Waals surface area contributed by atoms with Crippen LogP contribution in [0.4, 0.5) is 5.69 Å². The van der Waals surface area contributed by atoms with Gasteiger partial charge in [0, 0.05) is 5.69 Å². The maximum atomic E-state index is 12.9. The number of nitrogens with one attached hydrogen (secondary N) is 1. The molecular weight excluding hydrogens is 406 g/mol. The summed E-state index contributed by atoms with van der Waals surface area (Å²) < 4.78 is 44.4. The Hall–Kier alpha value is -2.58. The van der Waals surface area contributed by atoms with Crippen LogP contribution in [-0.4, -0.2) is 34.2 Å². The molecule has 30 heavy (non-hydrogen) atoms. The first-order valence-corrected chi connectivity index (χ1v) is 11.5. The van der Waals surface area contributed by atoms with Gasteiger partial charge < -0.3 is 14.2 Å². The fourth-order valence-electron chi connectivity index (χ4n) is 3.38. The number of anilines is 1. The van der Waals surface area contributed by atoms with Crippen LogP contribution in [0.2, 0.25) is 0 Å². The maximum Gasteiger partial charge on any atom is 0.338 e. The van der Waals surface area contributed by atoms with Gasteiger partial charge in [-0.1, -0.05) is 25.0 Å². The number of methoxy groups -OCH3 is 1. The van der Waals surface area contributed by atoms with Crippen molar-refractivity contribution in [3.63, 3.8) is 0 Å². The molecule has 2 aromatic carbocycles. The summed E-state index contributed by atoms with van der Waals surface area (Å²) in [6, 6.07) is 11.2. The predicted octanol–water partition coefficient (Wildman–Crippen LogP) is 4.13. The van der Waals surface area contributed by atoms with Crippen molar-refractivity contribution in [3.05, 3.63) is 53.6 Å². The van der Waals surface area contributed by atoms with Crippen LogP contribution in [0.3, 0.4) is 0 Å². The summed E-state index contributed by atoms with van der Waals surface area (Å²) in [6.45, 7) is 2.39. The number of rotatable bonds is 9. The van der Waals surface area contributed by atoms with E-state index in [1.54, 1.807) is 19.1 Å². The number of hydrogen-bond donors (Lipinski definition) is 1. The number of hydrogen-bond acceptors (Lipinski definition) is 6. The molecule has 0 saturated heterocycles. The molecule has 1 aliphatic carbocycles. The summed E-state index contributed by atoms with van der Waals surface area (Å²) in [6.07, 6.45) is 4.95. The highest BCUT2D eigenvalue weighted by atomic mass is 32.2. The molecule has 8 heteroatoms. The first-order chi connectivity index (χ1) is 14.4. The van der Waals surface area contributed by atoms with Crippen molar-refractivity contribution in [3.8, 4) is 5.75 Å². The van der Waals surface area contributed by atoms with Crippen LogP contribution < -0.4 is 9.46 Å². The summed E-state index contributed by atoms with van der Waals surface area (Å²) in [5.74, 6) is -0.458. The summed E-state index contributed by atoms with van der Waals surface area (Å²) >= 11 is 0. The first kappa shape index (κ1) is 22.1. The van der Waals surface area contributed by atoms with Crippen molar-refractivity contribution in [2.45, 2.75) is 50.2 Å². The third-order valence-electron chi connectivity index (χ3n) is 4.96. The van der Waals surface area contributed by atoms with Gasteiger partial charge in [-0.25, -0.2) is 13.2 Å². The highest BCUT2D eigenvalue weighted by Crippen LogP contribution is 2.28. The second-order valence-electron chi connectivity index (χ2n) is 7.11. The minimum absolute atomic E-state index is 0.135. The van der Waals surface area contributed by atoms with E-state index in [4.69, 9.17) is 14.2 Å². The maximum absolute atomic E-state index is 12.9. The summed E-state index contributed by atoms with van der Waals surface area (Å²) in [5.41, 5.74) is 1.52. The lowest BCUT2D eigenvalue weighted by atomic mass is 10.2. The number of benzene rings is 2. The van der Waals surface area contributed by atoms with Crippen LogP contribution in [-0.2, 0) is 26.1 Å². The zero-order valence-electron chi connectivity index (χ0n) is 17.2. The smallest absolute Gasteiger partial charge is 0.338 e. The molecule has 1 aliphatic rings. The minimum atomic E-state index is -3.98. The second kappa shape index (κ2) is 9.95. The zero-order chi connectivity index (χ0) is 21.6. The van der Waals surface area contributed by atoms with Gasteiger partial charge in [0.25, 0.3) is 10.0 Å². The summed E-state index contributed by atoms with van der Waals surface area (Å²) in [4.78, 5) is 11.9. The molecule has 3 rings (SSSR count). The number of carbonyl (C=O) groups excluding carboxylic acids is 1. The molecule has 0 atom stereocenters. The normalized spacial score (nSPS) is 14.5. The van der Waals surface area contributed by atoms with Gasteiger partial charge in [-0.2, -0.15) is 0 Å². The van der Waals surface area contributed by atoms with E-state index in [-0.39, 0.29) is 22.8 Å². The molecule has 0 aliphatic heterocycles. The highest BCUT2D eigenvalue weighted by Gasteiger charge is 2.22. The molecule has 1 N–H and O–H groups in total. The van der Waals surface area contributed by atoms with Gasteiger partial charge in [0.15, 0.2) is 0 Å². The lowest BCUT2D eigenvalue weighted by Gasteiger charge is -2.14. The van der Waals surface area contributed by atoms with Crippen LogP contribution in [0, 0.1) is 0 Å². The SMILES string of the molecule is CCOC(=O)c1ccc(OC)c(S(=O)(=O)Nc2ccc(COC3CCCC3)cc2)c1. The van der Waals surface area contributed by atoms with Crippen molar-refractivity contribution < 1.29 is 27.4 Å². The van der Waals surface area contributed by atoms with E-state index in [9.17, 15) is 13.2 Å². The van der Waals surface area contributed by atoms with Gasteiger partial charge in [0.05, 0.1) is 32.0 Å². The third kappa shape index (κ3) is 5.52. The molecule has 7 nitrogen and oxygen atoms in total. The van der Waals surface area contributed by atoms with Gasteiger partial charge in [0.2, 0.25) is 0 Å². The average Bonchev–Trinajstić information content (AvgIpc) is 3.26. The van der Waals surface area contributed by atoms with Crippen LogP contribution in [0.5, 0.6) is 5.75 Å². The Morgan fingerprint density at radius 1 is 1.10 bits per heavy atom. The number of ether oxygens (including phenoxy) is 3. The molecular formula is C22H27NO6S. The molecule has 162 valence electrons. The molecule has 0 radical (unpaired) electrons. The quantitative estimate of drug-likeness (QED) is 0.598. The van der Waals surface area contributed by atoms with E-state index in [2.05, 4.69) is 4.72 Å². The van der Waals surface area contributed by atoms with Crippen molar-refractivity contribution in [1.29, 1.82) is 0 Å². The van der Waals surface area contributed by atoms with E-state index in [1.165, 1.54) is 38.2 Å². The Balaban J connectivity index is 1.73. The second-order valence-corrected chi connectivity index (χ2v) is 8.76. The van der Waals surface area contributed by atoms with E-state index in [0.717, 1.165) is 18.4 Å². The minimum Gasteiger partial charge on any atom is -0.495 e. The van der Waals surface area contributed by atoms with Gasteiger partial charge in [0.1, 0.15) is 10.6 Å². The van der Waals surface area contributed by atoms with Crippen molar-refractivity contribution in [2.75, 3.05) is 18.4 Å². The van der Waals surface area contributed by atoms with Crippen LogP contribution in [0.1, 0.15) is 48.5 Å². The van der Waals surface area contributed by atoms with Crippen molar-refractivity contribution in [2.24, 2.45) is 0 Å². The lowest BCUT2D eigenvalue weighted by molar-refractivity contribution is 0.0457. The van der Waals surface area contributed by atoms with Crippen molar-refractivity contribution in [1.82, 2.24) is 0 Å². The lowest BCUT2D eigenvalue weighted by Crippen LogP contribution is -2.15. The van der Waals surface area contributed by atoms with E-state index >= 15 is 0 Å². The Labute approximate surface area is 177 Å². The zero-order valence-corrected chi connectivity index (χ0v) is 18.0. The molecule has 0 heterocycles. The van der Waals surface area contributed by atoms with Gasteiger partial charge in [-0.05, 0) is 55.7 Å². The molecule has 0 spiro atoms. The standard InChI is InChI=1S/C22H27NO6S/c1-3-28-22(24)17-10-13-20(27-2)21(14-17)30(25,26)23-18-11-8-16(9-12-18)15-29-19-6-4-5-7-19/h8-14,19,23H,3-7,15H2,1-2H3. The van der Waals surface area contributed by atoms with Crippen molar-refractivity contribution >= 4 is 21.7 Å². The van der Waals surface area contributed by atoms with Crippen LogP contribution in [0.25, 0.3) is 0 Å². The third-order valence-corrected chi connectivity index (χ3v) is 6.36. The van der Waals surface area contributed by atoms with Gasteiger partial charge >= 0.3 is 5.97 Å². The van der Waals surface area contributed by atoms with Crippen LogP contribution in [0.15, 0.2) is 47.4 Å². The largest absolute Gasteiger partial charge is 0.495 e. The number of esters is 1. The molecule has 1 fully saturated rings. The number of carbonyl (C=O) groups is 1. The highest BCUT2D eigenvalue weighted by molar-refractivity contribution is 7.92. The van der Waals surface area contributed by atoms with Crippen LogP contribution >= 0.6 is 0 Å². The van der Waals surface area contributed by atoms with Gasteiger partial charge in [-0.15, -0.1) is 0 Å². The van der Waals surface area contributed by atoms with E-state index < -0.39 is 16.0 Å². The monoisotopic (exact) mass is 433 g/mol. The Bertz CT molecular complexity index is 966. The van der Waals surface area contributed by atoms with Gasteiger partial charge in [-0.3, -0.25) is 4.72 Å². The predicted molar refractivity (Wildman–Crippen MR) is 113 cm³/mol. The Morgan fingerprint density at radius 2 is 1.80 bits per heavy atom. The fraction of sp³-hybridized carbons (Fsp3) is 0.409. The summed E-state index contributed by atoms with van der Waals surface area (Å²) in [5, 5.41) is 0. The Morgan fingerprint density at radius 3 is 2.43 bits per heavy atom. The Kier molecular flexibility index (Phi) is 7.33. The topological polar surface area (TPSA) is 90.9 Å². The molecule has 0 unspecified atom stereocenters. The molecule has 0 aromatic heterocycles. The average molecular weight is 434 g/mol. The summed E-state index contributed by atoms with van der Waals surface area (Å²) in [7, 11) is -2.61. The number of sulfonamides is 1. The molecule has 1 saturated carbocycles. The molecule has 0 amide bonds.